The van der Waals surface area contributed by atoms with Crippen LogP contribution in [-0.2, 0) is 17.9 Å². The van der Waals surface area contributed by atoms with Crippen molar-refractivity contribution in [1.29, 1.82) is 0 Å². The second-order valence-electron chi connectivity index (χ2n) is 8.49. The third kappa shape index (κ3) is 6.04. The molecule has 0 atom stereocenters. The number of hydrogen-bond acceptors (Lipinski definition) is 5. The molecule has 0 aliphatic heterocycles. The van der Waals surface area contributed by atoms with Crippen LogP contribution in [0.25, 0.3) is 0 Å². The van der Waals surface area contributed by atoms with E-state index in [1.54, 1.807) is 28.4 Å². The molecule has 0 bridgehead atoms. The SMILES string of the molecule is Cc1ccsc1CN(Cc1ccc(F)cc1)C(=O)CN(C(=O)c1ccc([N+](=O)[O-])cc1Cl)C1CC1. The van der Waals surface area contributed by atoms with Gasteiger partial charge in [0.25, 0.3) is 11.6 Å². The number of thiophene rings is 1. The lowest BCUT2D eigenvalue weighted by Crippen LogP contribution is -2.43. The van der Waals surface area contributed by atoms with Crippen LogP contribution < -0.4 is 0 Å². The molecule has 182 valence electrons. The van der Waals surface area contributed by atoms with Crippen molar-refractivity contribution >= 4 is 40.4 Å². The smallest absolute Gasteiger partial charge is 0.270 e. The molecule has 1 aromatic heterocycles. The van der Waals surface area contributed by atoms with Crippen LogP contribution in [0.2, 0.25) is 5.02 Å². The molecule has 2 amide bonds. The van der Waals surface area contributed by atoms with Crippen molar-refractivity contribution in [2.24, 2.45) is 0 Å². The van der Waals surface area contributed by atoms with Crippen molar-refractivity contribution in [3.63, 3.8) is 0 Å². The summed E-state index contributed by atoms with van der Waals surface area (Å²) in [6.07, 6.45) is 1.54. The summed E-state index contributed by atoms with van der Waals surface area (Å²) in [6.45, 7) is 2.46. The highest BCUT2D eigenvalue weighted by Gasteiger charge is 2.36. The molecule has 0 saturated heterocycles. The fraction of sp³-hybridized carbons (Fsp3) is 0.280. The predicted octanol–water partition coefficient (Wildman–Crippen LogP) is 5.59. The Balaban J connectivity index is 1.56. The topological polar surface area (TPSA) is 83.8 Å². The normalized spacial score (nSPS) is 12.9. The van der Waals surface area contributed by atoms with E-state index in [9.17, 15) is 24.1 Å². The Morgan fingerprint density at radius 3 is 2.43 bits per heavy atom. The second kappa shape index (κ2) is 10.5. The second-order valence-corrected chi connectivity index (χ2v) is 9.90. The number of carbonyl (C=O) groups excluding carboxylic acids is 2. The van der Waals surface area contributed by atoms with E-state index in [1.807, 2.05) is 18.4 Å². The summed E-state index contributed by atoms with van der Waals surface area (Å²) in [5.41, 5.74) is 1.75. The summed E-state index contributed by atoms with van der Waals surface area (Å²) in [4.78, 5) is 41.4. The highest BCUT2D eigenvalue weighted by molar-refractivity contribution is 7.10. The summed E-state index contributed by atoms with van der Waals surface area (Å²) in [5, 5.41) is 12.9. The van der Waals surface area contributed by atoms with Gasteiger partial charge in [0.15, 0.2) is 0 Å². The minimum atomic E-state index is -0.581. The molecule has 1 aliphatic rings. The zero-order chi connectivity index (χ0) is 25.1. The maximum Gasteiger partial charge on any atom is 0.270 e. The lowest BCUT2D eigenvalue weighted by atomic mass is 10.1. The van der Waals surface area contributed by atoms with Gasteiger partial charge in [-0.1, -0.05) is 23.7 Å². The number of nitro groups is 1. The van der Waals surface area contributed by atoms with E-state index in [1.165, 1.54) is 29.2 Å². The maximum absolute atomic E-state index is 13.5. The van der Waals surface area contributed by atoms with E-state index in [-0.39, 0.29) is 47.1 Å². The minimum Gasteiger partial charge on any atom is -0.332 e. The Morgan fingerprint density at radius 2 is 1.86 bits per heavy atom. The number of carbonyl (C=O) groups is 2. The summed E-state index contributed by atoms with van der Waals surface area (Å²) in [6, 6.07) is 11.6. The summed E-state index contributed by atoms with van der Waals surface area (Å²) >= 11 is 7.74. The van der Waals surface area contributed by atoms with Crippen molar-refractivity contribution in [2.45, 2.75) is 38.9 Å². The highest BCUT2D eigenvalue weighted by atomic mass is 35.5. The molecule has 1 aliphatic carbocycles. The molecule has 0 spiro atoms. The number of hydrogen-bond donors (Lipinski definition) is 0. The van der Waals surface area contributed by atoms with Crippen LogP contribution >= 0.6 is 22.9 Å². The van der Waals surface area contributed by atoms with Crippen molar-refractivity contribution in [3.05, 3.63) is 96.4 Å². The first-order valence-electron chi connectivity index (χ1n) is 11.0. The van der Waals surface area contributed by atoms with Gasteiger partial charge in [-0.15, -0.1) is 11.3 Å². The van der Waals surface area contributed by atoms with E-state index in [0.717, 1.165) is 34.9 Å². The largest absolute Gasteiger partial charge is 0.332 e. The molecule has 4 rings (SSSR count). The molecular formula is C25H23ClFN3O4S. The Bertz CT molecular complexity index is 1260. The molecule has 0 N–H and O–H groups in total. The van der Waals surface area contributed by atoms with E-state index in [4.69, 9.17) is 11.6 Å². The van der Waals surface area contributed by atoms with Gasteiger partial charge in [0, 0.05) is 29.6 Å². The van der Waals surface area contributed by atoms with Gasteiger partial charge in [-0.25, -0.2) is 4.39 Å². The molecule has 1 fully saturated rings. The minimum absolute atomic E-state index is 0.0281. The summed E-state index contributed by atoms with van der Waals surface area (Å²) in [7, 11) is 0. The van der Waals surface area contributed by atoms with E-state index in [0.29, 0.717) is 6.54 Å². The van der Waals surface area contributed by atoms with Crippen LogP contribution in [0.1, 0.15) is 39.2 Å². The third-order valence-electron chi connectivity index (χ3n) is 5.89. The van der Waals surface area contributed by atoms with Crippen LogP contribution in [0.5, 0.6) is 0 Å². The number of halogens is 2. The van der Waals surface area contributed by atoms with E-state index >= 15 is 0 Å². The van der Waals surface area contributed by atoms with Gasteiger partial charge in [0.1, 0.15) is 12.4 Å². The Morgan fingerprint density at radius 1 is 1.14 bits per heavy atom. The molecule has 35 heavy (non-hydrogen) atoms. The number of nitro benzene ring substituents is 1. The molecular weight excluding hydrogens is 493 g/mol. The lowest BCUT2D eigenvalue weighted by Gasteiger charge is -2.28. The first kappa shape index (κ1) is 24.8. The number of nitrogens with zero attached hydrogens (tertiary/aromatic N) is 3. The highest BCUT2D eigenvalue weighted by Crippen LogP contribution is 2.31. The van der Waals surface area contributed by atoms with E-state index < -0.39 is 10.8 Å². The number of benzene rings is 2. The van der Waals surface area contributed by atoms with Crippen LogP contribution in [0.15, 0.2) is 53.9 Å². The molecule has 3 aromatic rings. The van der Waals surface area contributed by atoms with Crippen molar-refractivity contribution in [3.8, 4) is 0 Å². The average Bonchev–Trinajstić information content (AvgIpc) is 3.59. The number of amides is 2. The molecule has 1 heterocycles. The average molecular weight is 516 g/mol. The zero-order valence-corrected chi connectivity index (χ0v) is 20.5. The maximum atomic E-state index is 13.5. The van der Waals surface area contributed by atoms with Crippen molar-refractivity contribution < 1.29 is 18.9 Å². The molecule has 7 nitrogen and oxygen atoms in total. The Hall–Kier alpha value is -3.30. The zero-order valence-electron chi connectivity index (χ0n) is 18.9. The van der Waals surface area contributed by atoms with Crippen LogP contribution in [0, 0.1) is 22.9 Å². The van der Waals surface area contributed by atoms with Gasteiger partial charge >= 0.3 is 0 Å². The number of rotatable bonds is 9. The monoisotopic (exact) mass is 515 g/mol. The molecule has 0 radical (unpaired) electrons. The van der Waals surface area contributed by atoms with E-state index in [2.05, 4.69) is 0 Å². The molecule has 2 aromatic carbocycles. The fourth-order valence-electron chi connectivity index (χ4n) is 3.73. The summed E-state index contributed by atoms with van der Waals surface area (Å²) < 4.78 is 13.4. The van der Waals surface area contributed by atoms with Gasteiger partial charge < -0.3 is 9.80 Å². The van der Waals surface area contributed by atoms with Gasteiger partial charge in [-0.2, -0.15) is 0 Å². The predicted molar refractivity (Wildman–Crippen MR) is 132 cm³/mol. The van der Waals surface area contributed by atoms with Crippen LogP contribution in [0.4, 0.5) is 10.1 Å². The Kier molecular flexibility index (Phi) is 7.47. The molecule has 1 saturated carbocycles. The summed E-state index contributed by atoms with van der Waals surface area (Å²) in [5.74, 6) is -1.04. The first-order chi connectivity index (χ1) is 16.7. The fourth-order valence-corrected chi connectivity index (χ4v) is 4.90. The van der Waals surface area contributed by atoms with Gasteiger partial charge in [0.2, 0.25) is 5.91 Å². The van der Waals surface area contributed by atoms with Crippen molar-refractivity contribution in [2.75, 3.05) is 6.54 Å². The quantitative estimate of drug-likeness (QED) is 0.274. The van der Waals surface area contributed by atoms with Gasteiger partial charge in [-0.3, -0.25) is 19.7 Å². The van der Waals surface area contributed by atoms with Crippen molar-refractivity contribution in [1.82, 2.24) is 9.80 Å². The standard InChI is InChI=1S/C25H23ClFN3O4S/c1-16-10-11-35-23(16)14-28(13-17-2-4-18(27)5-3-17)24(31)15-29(19-6-7-19)25(32)21-9-8-20(30(33)34)12-22(21)26/h2-5,8-12,19H,6-7,13-15H2,1H3. The molecule has 0 unspecified atom stereocenters. The lowest BCUT2D eigenvalue weighted by molar-refractivity contribution is -0.384. The Labute approximate surface area is 210 Å². The molecule has 10 heteroatoms. The van der Waals surface area contributed by atoms with Crippen LogP contribution in [-0.4, -0.2) is 39.1 Å². The number of non-ortho nitro benzene ring substituents is 1. The first-order valence-corrected chi connectivity index (χ1v) is 12.3. The number of aryl methyl sites for hydroxylation is 1. The van der Waals surface area contributed by atoms with Gasteiger partial charge in [-0.05, 0) is 60.5 Å². The third-order valence-corrected chi connectivity index (χ3v) is 7.21. The van der Waals surface area contributed by atoms with Gasteiger partial charge in [0.05, 0.1) is 22.1 Å². The van der Waals surface area contributed by atoms with Crippen LogP contribution in [0.3, 0.4) is 0 Å².